The Hall–Kier alpha value is -0.120. The number of likely N-dealkylation sites (N-methyl/N-ethyl adjacent to an activating group) is 1. The van der Waals surface area contributed by atoms with Gasteiger partial charge in [-0.1, -0.05) is 13.3 Å². The molecule has 3 nitrogen and oxygen atoms in total. The van der Waals surface area contributed by atoms with E-state index in [1.165, 1.54) is 58.3 Å². The van der Waals surface area contributed by atoms with E-state index in [9.17, 15) is 0 Å². The molecule has 1 heterocycles. The highest BCUT2D eigenvalue weighted by Gasteiger charge is 2.30. The van der Waals surface area contributed by atoms with Gasteiger partial charge in [0, 0.05) is 25.2 Å². The van der Waals surface area contributed by atoms with E-state index in [4.69, 9.17) is 5.73 Å². The van der Waals surface area contributed by atoms with Gasteiger partial charge in [0.25, 0.3) is 0 Å². The molecule has 0 aromatic heterocycles. The average Bonchev–Trinajstić information content (AvgIpc) is 2.54. The van der Waals surface area contributed by atoms with Crippen LogP contribution in [-0.4, -0.2) is 55.1 Å². The van der Waals surface area contributed by atoms with E-state index in [-0.39, 0.29) is 0 Å². The number of nitrogens with zero attached hydrogens (tertiary/aromatic N) is 2. The number of rotatable bonds is 3. The first-order valence-corrected chi connectivity index (χ1v) is 8.28. The van der Waals surface area contributed by atoms with Crippen LogP contribution >= 0.6 is 0 Å². The molecule has 2 N–H and O–H groups in total. The molecule has 3 heteroatoms. The topological polar surface area (TPSA) is 32.5 Å². The Balaban J connectivity index is 1.90. The number of nitrogens with two attached hydrogens (primary N) is 1. The smallest absolute Gasteiger partial charge is 0.0194 e. The van der Waals surface area contributed by atoms with Crippen LogP contribution in [0.25, 0.3) is 0 Å². The van der Waals surface area contributed by atoms with E-state index >= 15 is 0 Å². The standard InChI is InChI=1S/C16H33N3/c1-4-14-6-7-16(17)15(10-14)12-19-9-5-8-18(3)11-13(19)2/h13-16H,4-12,17H2,1-3H3. The van der Waals surface area contributed by atoms with Gasteiger partial charge in [-0.2, -0.15) is 0 Å². The van der Waals surface area contributed by atoms with Crippen LogP contribution in [-0.2, 0) is 0 Å². The first-order chi connectivity index (χ1) is 9.10. The lowest BCUT2D eigenvalue weighted by molar-refractivity contribution is 0.126. The molecule has 19 heavy (non-hydrogen) atoms. The lowest BCUT2D eigenvalue weighted by atomic mass is 9.77. The van der Waals surface area contributed by atoms with E-state index in [1.54, 1.807) is 0 Å². The van der Waals surface area contributed by atoms with Crippen LogP contribution in [0.1, 0.15) is 46.0 Å². The molecule has 1 aliphatic carbocycles. The monoisotopic (exact) mass is 267 g/mol. The first-order valence-electron chi connectivity index (χ1n) is 8.28. The van der Waals surface area contributed by atoms with Crippen LogP contribution in [0.4, 0.5) is 0 Å². The minimum absolute atomic E-state index is 0.441. The first kappa shape index (κ1) is 15.3. The molecule has 4 unspecified atom stereocenters. The third-order valence-corrected chi connectivity index (χ3v) is 5.38. The minimum Gasteiger partial charge on any atom is -0.327 e. The van der Waals surface area contributed by atoms with Gasteiger partial charge in [-0.25, -0.2) is 0 Å². The molecule has 0 radical (unpaired) electrons. The summed E-state index contributed by atoms with van der Waals surface area (Å²) in [6.45, 7) is 9.65. The van der Waals surface area contributed by atoms with Gasteiger partial charge in [0.05, 0.1) is 0 Å². The number of hydrogen-bond donors (Lipinski definition) is 1. The summed E-state index contributed by atoms with van der Waals surface area (Å²) in [6, 6.07) is 1.12. The van der Waals surface area contributed by atoms with Crippen molar-refractivity contribution < 1.29 is 0 Å². The lowest BCUT2D eigenvalue weighted by Gasteiger charge is -2.38. The maximum Gasteiger partial charge on any atom is 0.0194 e. The van der Waals surface area contributed by atoms with Crippen molar-refractivity contribution in [2.24, 2.45) is 17.6 Å². The Kier molecular flexibility index (Phi) is 5.67. The van der Waals surface area contributed by atoms with Crippen molar-refractivity contribution in [3.63, 3.8) is 0 Å². The van der Waals surface area contributed by atoms with Crippen molar-refractivity contribution in [2.75, 3.05) is 33.2 Å². The van der Waals surface area contributed by atoms with Gasteiger partial charge in [0.15, 0.2) is 0 Å². The summed E-state index contributed by atoms with van der Waals surface area (Å²) in [6.07, 6.45) is 6.59. The van der Waals surface area contributed by atoms with Crippen LogP contribution in [0, 0.1) is 11.8 Å². The van der Waals surface area contributed by atoms with Crippen molar-refractivity contribution in [1.82, 2.24) is 9.80 Å². The summed E-state index contributed by atoms with van der Waals surface area (Å²) in [7, 11) is 2.25. The molecule has 1 saturated carbocycles. The van der Waals surface area contributed by atoms with Crippen LogP contribution in [0.15, 0.2) is 0 Å². The summed E-state index contributed by atoms with van der Waals surface area (Å²) in [5.41, 5.74) is 6.39. The van der Waals surface area contributed by atoms with Crippen LogP contribution in [0.2, 0.25) is 0 Å². The zero-order chi connectivity index (χ0) is 13.8. The van der Waals surface area contributed by atoms with E-state index in [0.717, 1.165) is 11.8 Å². The molecule has 4 atom stereocenters. The molecule has 1 saturated heterocycles. The zero-order valence-electron chi connectivity index (χ0n) is 13.1. The number of hydrogen-bond acceptors (Lipinski definition) is 3. The Bertz CT molecular complexity index is 269. The van der Waals surface area contributed by atoms with E-state index in [2.05, 4.69) is 30.7 Å². The lowest BCUT2D eigenvalue weighted by Crippen LogP contribution is -2.47. The van der Waals surface area contributed by atoms with Crippen molar-refractivity contribution >= 4 is 0 Å². The fourth-order valence-electron chi connectivity index (χ4n) is 3.96. The average molecular weight is 267 g/mol. The second kappa shape index (κ2) is 7.05. The Morgan fingerprint density at radius 3 is 2.74 bits per heavy atom. The van der Waals surface area contributed by atoms with Gasteiger partial charge in [0.1, 0.15) is 0 Å². The van der Waals surface area contributed by atoms with Gasteiger partial charge in [-0.15, -0.1) is 0 Å². The summed E-state index contributed by atoms with van der Waals surface area (Å²) in [4.78, 5) is 5.17. The largest absolute Gasteiger partial charge is 0.327 e. The molecular weight excluding hydrogens is 234 g/mol. The van der Waals surface area contributed by atoms with Gasteiger partial charge >= 0.3 is 0 Å². The van der Waals surface area contributed by atoms with Gasteiger partial charge < -0.3 is 10.6 Å². The predicted molar refractivity (Wildman–Crippen MR) is 82.2 cm³/mol. The van der Waals surface area contributed by atoms with Gasteiger partial charge in [-0.3, -0.25) is 4.90 Å². The van der Waals surface area contributed by atoms with E-state index < -0.39 is 0 Å². The maximum absolute atomic E-state index is 6.39. The maximum atomic E-state index is 6.39. The second-order valence-corrected chi connectivity index (χ2v) is 6.97. The Labute approximate surface area is 119 Å². The molecule has 112 valence electrons. The van der Waals surface area contributed by atoms with Crippen molar-refractivity contribution in [3.05, 3.63) is 0 Å². The molecule has 0 aromatic carbocycles. The normalized spacial score (nSPS) is 39.2. The second-order valence-electron chi connectivity index (χ2n) is 6.97. The zero-order valence-corrected chi connectivity index (χ0v) is 13.1. The SMILES string of the molecule is CCC1CCC(N)C(CN2CCCN(C)CC2C)C1. The molecule has 0 aromatic rings. The molecule has 0 amide bonds. The minimum atomic E-state index is 0.441. The molecule has 2 aliphatic rings. The summed E-state index contributed by atoms with van der Waals surface area (Å²) < 4.78 is 0. The van der Waals surface area contributed by atoms with Gasteiger partial charge in [0.2, 0.25) is 0 Å². The van der Waals surface area contributed by atoms with Crippen molar-refractivity contribution in [2.45, 2.75) is 58.0 Å². The van der Waals surface area contributed by atoms with Crippen molar-refractivity contribution in [1.29, 1.82) is 0 Å². The fraction of sp³-hybridized carbons (Fsp3) is 1.00. The van der Waals surface area contributed by atoms with E-state index in [1.807, 2.05) is 0 Å². The van der Waals surface area contributed by atoms with Gasteiger partial charge in [-0.05, 0) is 64.6 Å². The van der Waals surface area contributed by atoms with Crippen LogP contribution < -0.4 is 5.73 Å². The van der Waals surface area contributed by atoms with Crippen LogP contribution in [0.5, 0.6) is 0 Å². The molecule has 2 fully saturated rings. The molecule has 2 rings (SSSR count). The Morgan fingerprint density at radius 2 is 2.00 bits per heavy atom. The quantitative estimate of drug-likeness (QED) is 0.850. The fourth-order valence-corrected chi connectivity index (χ4v) is 3.96. The summed E-state index contributed by atoms with van der Waals surface area (Å²) >= 11 is 0. The Morgan fingerprint density at radius 1 is 1.21 bits per heavy atom. The van der Waals surface area contributed by atoms with Crippen molar-refractivity contribution in [3.8, 4) is 0 Å². The third-order valence-electron chi connectivity index (χ3n) is 5.38. The van der Waals surface area contributed by atoms with E-state index in [0.29, 0.717) is 12.1 Å². The third kappa shape index (κ3) is 4.17. The molecule has 0 bridgehead atoms. The molecule has 1 aliphatic heterocycles. The predicted octanol–water partition coefficient (Wildman–Crippen LogP) is 2.17. The molecular formula is C16H33N3. The highest BCUT2D eigenvalue weighted by Crippen LogP contribution is 2.31. The highest BCUT2D eigenvalue weighted by molar-refractivity contribution is 4.86. The van der Waals surface area contributed by atoms with Crippen LogP contribution in [0.3, 0.4) is 0 Å². The molecule has 0 spiro atoms. The summed E-state index contributed by atoms with van der Waals surface area (Å²) in [5.74, 6) is 1.65. The highest BCUT2D eigenvalue weighted by atomic mass is 15.2. The summed E-state index contributed by atoms with van der Waals surface area (Å²) in [5, 5.41) is 0.